The highest BCUT2D eigenvalue weighted by Gasteiger charge is 2.16. The number of hydrogen-bond acceptors (Lipinski definition) is 7. The molecule has 4 aromatic rings. The molecule has 2 aromatic carbocycles. The quantitative estimate of drug-likeness (QED) is 0.313. The molecule has 0 saturated heterocycles. The standard InChI is InChI=1S/C22H21N7O3/c1-24-22(32)27-15-5-3-14(4-6-15)19-11-26-21-20(25-10-16(31)12-30)28-17-8-13(9-23)2-7-18(17)29(19)21/h2-8,11,16,30-31H,10,12H2,1H3,(H,25,28)(H2,24,27,32)/t16-/m1/s1. The Kier molecular flexibility index (Phi) is 5.85. The van der Waals surface area contributed by atoms with Crippen LogP contribution in [0.1, 0.15) is 5.56 Å². The molecule has 2 amide bonds. The number of anilines is 2. The SMILES string of the molecule is CNC(=O)Nc1ccc(-c2cnc3c(NC[C@@H](O)CO)nc4cc(C#N)ccc4n23)cc1. The zero-order valence-electron chi connectivity index (χ0n) is 17.2. The lowest BCUT2D eigenvalue weighted by molar-refractivity contribution is 0.105. The van der Waals surface area contributed by atoms with Crippen molar-refractivity contribution in [1.82, 2.24) is 19.7 Å². The van der Waals surface area contributed by atoms with Crippen LogP contribution >= 0.6 is 0 Å². The van der Waals surface area contributed by atoms with Crippen LogP contribution in [0.4, 0.5) is 16.3 Å². The first-order valence-corrected chi connectivity index (χ1v) is 9.87. The van der Waals surface area contributed by atoms with Gasteiger partial charge in [0.05, 0.1) is 47.3 Å². The Morgan fingerprint density at radius 2 is 2.03 bits per heavy atom. The molecular formula is C22H21N7O3. The first kappa shape index (κ1) is 21.0. The van der Waals surface area contributed by atoms with E-state index in [9.17, 15) is 15.2 Å². The fourth-order valence-electron chi connectivity index (χ4n) is 3.32. The number of imidazole rings is 1. The minimum Gasteiger partial charge on any atom is -0.394 e. The Hall–Kier alpha value is -4.20. The van der Waals surface area contributed by atoms with Crippen LogP contribution < -0.4 is 16.0 Å². The average Bonchev–Trinajstić information content (AvgIpc) is 3.27. The number of aromatic nitrogens is 3. The topological polar surface area (TPSA) is 148 Å². The van der Waals surface area contributed by atoms with E-state index in [0.717, 1.165) is 16.8 Å². The van der Waals surface area contributed by atoms with Crippen molar-refractivity contribution >= 4 is 34.2 Å². The van der Waals surface area contributed by atoms with Crippen molar-refractivity contribution in [3.05, 3.63) is 54.2 Å². The number of rotatable bonds is 6. The third-order valence-electron chi connectivity index (χ3n) is 4.93. The van der Waals surface area contributed by atoms with Crippen molar-refractivity contribution < 1.29 is 15.0 Å². The lowest BCUT2D eigenvalue weighted by atomic mass is 10.1. The van der Waals surface area contributed by atoms with Gasteiger partial charge in [-0.25, -0.2) is 14.8 Å². The van der Waals surface area contributed by atoms with E-state index >= 15 is 0 Å². The van der Waals surface area contributed by atoms with Gasteiger partial charge in [-0.2, -0.15) is 5.26 Å². The number of urea groups is 1. The van der Waals surface area contributed by atoms with Crippen LogP contribution in [0.5, 0.6) is 0 Å². The lowest BCUT2D eigenvalue weighted by Gasteiger charge is -2.13. The van der Waals surface area contributed by atoms with E-state index in [1.807, 2.05) is 22.6 Å². The fraction of sp³-hybridized carbons (Fsp3) is 0.182. The van der Waals surface area contributed by atoms with E-state index in [1.165, 1.54) is 0 Å². The molecule has 10 heteroatoms. The third kappa shape index (κ3) is 4.02. The normalized spacial score (nSPS) is 11.8. The minimum atomic E-state index is -0.951. The average molecular weight is 431 g/mol. The second-order valence-corrected chi connectivity index (χ2v) is 7.08. The summed E-state index contributed by atoms with van der Waals surface area (Å²) in [5.41, 5.74) is 4.63. The molecule has 0 aliphatic carbocycles. The lowest BCUT2D eigenvalue weighted by Crippen LogP contribution is -2.24. The second kappa shape index (κ2) is 8.89. The van der Waals surface area contributed by atoms with Crippen molar-refractivity contribution in [3.8, 4) is 17.3 Å². The number of carbonyl (C=O) groups is 1. The van der Waals surface area contributed by atoms with E-state index in [0.29, 0.717) is 28.2 Å². The van der Waals surface area contributed by atoms with Gasteiger partial charge in [-0.3, -0.25) is 4.40 Å². The number of fused-ring (bicyclic) bond motifs is 3. The van der Waals surface area contributed by atoms with Crippen molar-refractivity contribution in [2.75, 3.05) is 30.8 Å². The molecule has 0 radical (unpaired) electrons. The molecule has 0 bridgehead atoms. The second-order valence-electron chi connectivity index (χ2n) is 7.08. The molecule has 4 rings (SSSR count). The van der Waals surface area contributed by atoms with Crippen LogP contribution in [0.3, 0.4) is 0 Å². The first-order chi connectivity index (χ1) is 15.5. The van der Waals surface area contributed by atoms with E-state index < -0.39 is 6.10 Å². The van der Waals surface area contributed by atoms with Crippen molar-refractivity contribution in [3.63, 3.8) is 0 Å². The number of nitrogens with zero attached hydrogens (tertiary/aromatic N) is 4. The maximum atomic E-state index is 11.5. The molecule has 0 unspecified atom stereocenters. The number of benzene rings is 2. The van der Waals surface area contributed by atoms with Gasteiger partial charge in [0.25, 0.3) is 0 Å². The molecule has 1 atom stereocenters. The van der Waals surface area contributed by atoms with Gasteiger partial charge < -0.3 is 26.2 Å². The number of nitriles is 1. The smallest absolute Gasteiger partial charge is 0.318 e. The minimum absolute atomic E-state index is 0.0880. The molecule has 2 aromatic heterocycles. The van der Waals surface area contributed by atoms with Crippen molar-refractivity contribution in [1.29, 1.82) is 5.26 Å². The molecular weight excluding hydrogens is 410 g/mol. The summed E-state index contributed by atoms with van der Waals surface area (Å²) in [5, 5.41) is 36.4. The number of hydrogen-bond donors (Lipinski definition) is 5. The Bertz CT molecular complexity index is 1330. The number of carbonyl (C=O) groups excluding carboxylic acids is 1. The van der Waals surface area contributed by atoms with E-state index in [-0.39, 0.29) is 19.2 Å². The highest BCUT2D eigenvalue weighted by Crippen LogP contribution is 2.29. The van der Waals surface area contributed by atoms with Gasteiger partial charge in [-0.15, -0.1) is 0 Å². The molecule has 0 aliphatic heterocycles. The highest BCUT2D eigenvalue weighted by atomic mass is 16.3. The Morgan fingerprint density at radius 1 is 1.25 bits per heavy atom. The summed E-state index contributed by atoms with van der Waals surface area (Å²) in [5.74, 6) is 0.421. The summed E-state index contributed by atoms with van der Waals surface area (Å²) in [6, 6.07) is 14.3. The molecule has 0 aliphatic rings. The number of nitrogens with one attached hydrogen (secondary N) is 3. The van der Waals surface area contributed by atoms with Gasteiger partial charge in [-0.05, 0) is 30.3 Å². The van der Waals surface area contributed by atoms with Gasteiger partial charge in [0.1, 0.15) is 0 Å². The largest absolute Gasteiger partial charge is 0.394 e. The Morgan fingerprint density at radius 3 is 2.72 bits per heavy atom. The van der Waals surface area contributed by atoms with Crippen LogP contribution in [0.25, 0.3) is 27.9 Å². The van der Waals surface area contributed by atoms with Gasteiger partial charge in [0, 0.05) is 24.8 Å². The van der Waals surface area contributed by atoms with Crippen LogP contribution in [-0.4, -0.2) is 56.9 Å². The van der Waals surface area contributed by atoms with Gasteiger partial charge >= 0.3 is 6.03 Å². The predicted octanol–water partition coefficient (Wildman–Crippen LogP) is 1.94. The van der Waals surface area contributed by atoms with Crippen molar-refractivity contribution in [2.24, 2.45) is 0 Å². The third-order valence-corrected chi connectivity index (χ3v) is 4.93. The van der Waals surface area contributed by atoms with Gasteiger partial charge in [0.15, 0.2) is 11.5 Å². The van der Waals surface area contributed by atoms with Crippen LogP contribution in [0, 0.1) is 11.3 Å². The molecule has 5 N–H and O–H groups in total. The number of aliphatic hydroxyl groups excluding tert-OH is 2. The van der Waals surface area contributed by atoms with Gasteiger partial charge in [-0.1, -0.05) is 12.1 Å². The summed E-state index contributed by atoms with van der Waals surface area (Å²) in [4.78, 5) is 20.6. The number of amides is 2. The van der Waals surface area contributed by atoms with Crippen LogP contribution in [0.2, 0.25) is 0 Å². The van der Waals surface area contributed by atoms with E-state index in [2.05, 4.69) is 32.0 Å². The van der Waals surface area contributed by atoms with E-state index in [1.54, 1.807) is 37.5 Å². The van der Waals surface area contributed by atoms with Gasteiger partial charge in [0.2, 0.25) is 0 Å². The maximum Gasteiger partial charge on any atom is 0.318 e. The molecule has 162 valence electrons. The summed E-state index contributed by atoms with van der Waals surface area (Å²) in [6.07, 6.45) is 0.761. The predicted molar refractivity (Wildman–Crippen MR) is 120 cm³/mol. The Balaban J connectivity index is 1.84. The molecule has 2 heterocycles. The molecule has 32 heavy (non-hydrogen) atoms. The zero-order chi connectivity index (χ0) is 22.7. The molecule has 0 fully saturated rings. The zero-order valence-corrected chi connectivity index (χ0v) is 17.2. The molecule has 0 spiro atoms. The van der Waals surface area contributed by atoms with Crippen molar-refractivity contribution in [2.45, 2.75) is 6.10 Å². The monoisotopic (exact) mass is 431 g/mol. The summed E-state index contributed by atoms with van der Waals surface area (Å²) < 4.78 is 1.92. The molecule has 10 nitrogen and oxygen atoms in total. The summed E-state index contributed by atoms with van der Waals surface area (Å²) >= 11 is 0. The summed E-state index contributed by atoms with van der Waals surface area (Å²) in [6.45, 7) is -0.295. The fourth-order valence-corrected chi connectivity index (χ4v) is 3.32. The first-order valence-electron chi connectivity index (χ1n) is 9.87. The Labute approximate surface area is 183 Å². The van der Waals surface area contributed by atoms with E-state index in [4.69, 9.17) is 5.11 Å². The van der Waals surface area contributed by atoms with Crippen LogP contribution in [0.15, 0.2) is 48.7 Å². The highest BCUT2D eigenvalue weighted by molar-refractivity contribution is 5.90. The molecule has 0 saturated carbocycles. The van der Waals surface area contributed by atoms with Crippen LogP contribution in [-0.2, 0) is 0 Å². The number of aliphatic hydroxyl groups is 2. The summed E-state index contributed by atoms with van der Waals surface area (Å²) in [7, 11) is 1.55. The maximum absolute atomic E-state index is 11.5.